The quantitative estimate of drug-likeness (QED) is 0.652. The summed E-state index contributed by atoms with van der Waals surface area (Å²) in [6, 6.07) is 2.93. The molecule has 0 bridgehead atoms. The van der Waals surface area contributed by atoms with Crippen LogP contribution in [0.5, 0.6) is 5.75 Å². The average molecular weight is 405 g/mol. The molecule has 3 aromatic rings. The SMILES string of the molecule is Cc1nn(COc2ccc(F)cc2F)c(C)c1NC(=O)c1cnn(C)c1C(=O)O. The van der Waals surface area contributed by atoms with Crippen LogP contribution in [-0.2, 0) is 13.8 Å². The number of ether oxygens (including phenoxy) is 1. The van der Waals surface area contributed by atoms with Gasteiger partial charge in [0.25, 0.3) is 5.91 Å². The number of carboxylic acids is 1. The normalized spacial score (nSPS) is 10.8. The summed E-state index contributed by atoms with van der Waals surface area (Å²) in [7, 11) is 1.42. The number of benzene rings is 1. The maximum absolute atomic E-state index is 13.7. The minimum Gasteiger partial charge on any atom is -0.477 e. The van der Waals surface area contributed by atoms with Gasteiger partial charge in [0.15, 0.2) is 24.0 Å². The first-order valence-corrected chi connectivity index (χ1v) is 8.37. The Labute approximate surface area is 163 Å². The number of anilines is 1. The number of hydrogen-bond donors (Lipinski definition) is 2. The van der Waals surface area contributed by atoms with Gasteiger partial charge >= 0.3 is 5.97 Å². The smallest absolute Gasteiger partial charge is 0.354 e. The number of nitrogens with zero attached hydrogens (tertiary/aromatic N) is 4. The van der Waals surface area contributed by atoms with E-state index in [1.165, 1.54) is 11.7 Å². The molecule has 0 atom stereocenters. The summed E-state index contributed by atoms with van der Waals surface area (Å²) in [5.41, 5.74) is 0.953. The van der Waals surface area contributed by atoms with E-state index in [0.29, 0.717) is 23.1 Å². The highest BCUT2D eigenvalue weighted by Gasteiger charge is 2.23. The van der Waals surface area contributed by atoms with Crippen molar-refractivity contribution in [1.82, 2.24) is 19.6 Å². The molecule has 3 rings (SSSR count). The zero-order valence-electron chi connectivity index (χ0n) is 15.7. The van der Waals surface area contributed by atoms with Crippen molar-refractivity contribution < 1.29 is 28.2 Å². The largest absolute Gasteiger partial charge is 0.477 e. The summed E-state index contributed by atoms with van der Waals surface area (Å²) >= 11 is 0. The highest BCUT2D eigenvalue weighted by atomic mass is 19.1. The monoisotopic (exact) mass is 405 g/mol. The second-order valence-electron chi connectivity index (χ2n) is 6.18. The van der Waals surface area contributed by atoms with Crippen LogP contribution < -0.4 is 10.1 Å². The summed E-state index contributed by atoms with van der Waals surface area (Å²) < 4.78 is 34.5. The van der Waals surface area contributed by atoms with Gasteiger partial charge in [0.05, 0.1) is 28.8 Å². The van der Waals surface area contributed by atoms with Gasteiger partial charge in [0.1, 0.15) is 5.82 Å². The van der Waals surface area contributed by atoms with Gasteiger partial charge in [-0.3, -0.25) is 9.48 Å². The predicted molar refractivity (Wildman–Crippen MR) is 96.8 cm³/mol. The molecule has 0 unspecified atom stereocenters. The molecule has 9 nitrogen and oxygen atoms in total. The molecule has 29 heavy (non-hydrogen) atoms. The van der Waals surface area contributed by atoms with Crippen LogP contribution in [0.4, 0.5) is 14.5 Å². The van der Waals surface area contributed by atoms with Gasteiger partial charge in [0, 0.05) is 13.1 Å². The van der Waals surface area contributed by atoms with E-state index in [1.807, 2.05) is 0 Å². The van der Waals surface area contributed by atoms with Gasteiger partial charge in [0.2, 0.25) is 0 Å². The molecule has 11 heteroatoms. The Hall–Kier alpha value is -3.76. The molecule has 152 valence electrons. The minimum absolute atomic E-state index is 0.101. The number of hydrogen-bond acceptors (Lipinski definition) is 5. The van der Waals surface area contributed by atoms with Crippen LogP contribution in [0.3, 0.4) is 0 Å². The summed E-state index contributed by atoms with van der Waals surface area (Å²) in [4.78, 5) is 23.9. The lowest BCUT2D eigenvalue weighted by molar-refractivity contribution is 0.0680. The molecule has 2 N–H and O–H groups in total. The van der Waals surface area contributed by atoms with E-state index in [0.717, 1.165) is 23.0 Å². The van der Waals surface area contributed by atoms with Crippen LogP contribution in [0.1, 0.15) is 32.2 Å². The molecule has 0 spiro atoms. The lowest BCUT2D eigenvalue weighted by atomic mass is 10.2. The number of carbonyl (C=O) groups is 2. The molecule has 0 fully saturated rings. The topological polar surface area (TPSA) is 111 Å². The van der Waals surface area contributed by atoms with Gasteiger partial charge < -0.3 is 15.2 Å². The predicted octanol–water partition coefficient (Wildman–Crippen LogP) is 2.50. The molecule has 0 radical (unpaired) electrons. The second kappa shape index (κ2) is 7.70. The van der Waals surface area contributed by atoms with Crippen LogP contribution in [0.2, 0.25) is 0 Å². The minimum atomic E-state index is -1.28. The number of carbonyl (C=O) groups excluding carboxylic acids is 1. The van der Waals surface area contributed by atoms with Crippen LogP contribution >= 0.6 is 0 Å². The fraction of sp³-hybridized carbons (Fsp3) is 0.222. The number of rotatable bonds is 6. The van der Waals surface area contributed by atoms with Gasteiger partial charge in [-0.2, -0.15) is 10.2 Å². The van der Waals surface area contributed by atoms with Crippen molar-refractivity contribution in [3.63, 3.8) is 0 Å². The first-order valence-electron chi connectivity index (χ1n) is 8.37. The van der Waals surface area contributed by atoms with Crippen molar-refractivity contribution in [2.24, 2.45) is 7.05 Å². The molecule has 0 saturated heterocycles. The third kappa shape index (κ3) is 3.93. The van der Waals surface area contributed by atoms with Gasteiger partial charge in [-0.1, -0.05) is 0 Å². The van der Waals surface area contributed by atoms with Crippen molar-refractivity contribution in [2.75, 3.05) is 5.32 Å². The van der Waals surface area contributed by atoms with Gasteiger partial charge in [-0.25, -0.2) is 18.3 Å². The first kappa shape index (κ1) is 20.0. The molecule has 2 heterocycles. The van der Waals surface area contributed by atoms with Crippen LogP contribution in [0.25, 0.3) is 0 Å². The number of aromatic nitrogens is 4. The lowest BCUT2D eigenvalue weighted by Gasteiger charge is -2.09. The van der Waals surface area contributed by atoms with E-state index in [-0.39, 0.29) is 23.7 Å². The molecular formula is C18H17F2N5O4. The zero-order valence-corrected chi connectivity index (χ0v) is 15.7. The number of halogens is 2. The Morgan fingerprint density at radius 2 is 2.00 bits per heavy atom. The second-order valence-corrected chi connectivity index (χ2v) is 6.18. The number of amides is 1. The molecule has 1 amide bonds. The molecular weight excluding hydrogens is 388 g/mol. The summed E-state index contributed by atoms with van der Waals surface area (Å²) in [5, 5.41) is 19.9. The van der Waals surface area contributed by atoms with Crippen molar-refractivity contribution >= 4 is 17.6 Å². The van der Waals surface area contributed by atoms with Gasteiger partial charge in [-0.05, 0) is 26.0 Å². The summed E-state index contributed by atoms with van der Waals surface area (Å²) in [6.45, 7) is 3.11. The third-order valence-electron chi connectivity index (χ3n) is 4.24. The lowest BCUT2D eigenvalue weighted by Crippen LogP contribution is -2.18. The Balaban J connectivity index is 1.79. The fourth-order valence-electron chi connectivity index (χ4n) is 2.76. The Morgan fingerprint density at radius 1 is 1.28 bits per heavy atom. The molecule has 1 aromatic carbocycles. The maximum atomic E-state index is 13.7. The maximum Gasteiger partial charge on any atom is 0.354 e. The van der Waals surface area contributed by atoms with E-state index in [9.17, 15) is 23.5 Å². The third-order valence-corrected chi connectivity index (χ3v) is 4.24. The molecule has 0 aliphatic carbocycles. The highest BCUT2D eigenvalue weighted by molar-refractivity contribution is 6.10. The van der Waals surface area contributed by atoms with Crippen LogP contribution in [-0.4, -0.2) is 36.5 Å². The van der Waals surface area contributed by atoms with E-state index < -0.39 is 23.5 Å². The van der Waals surface area contributed by atoms with Gasteiger partial charge in [-0.15, -0.1) is 0 Å². The number of carboxylic acid groups (broad SMARTS) is 1. The Kier molecular flexibility index (Phi) is 5.31. The van der Waals surface area contributed by atoms with Crippen LogP contribution in [0, 0.1) is 25.5 Å². The molecule has 0 aliphatic heterocycles. The van der Waals surface area contributed by atoms with E-state index >= 15 is 0 Å². The van der Waals surface area contributed by atoms with Crippen molar-refractivity contribution in [1.29, 1.82) is 0 Å². The molecule has 2 aromatic heterocycles. The van der Waals surface area contributed by atoms with E-state index in [2.05, 4.69) is 15.5 Å². The molecule has 0 aliphatic rings. The molecule has 0 saturated carbocycles. The fourth-order valence-corrected chi connectivity index (χ4v) is 2.76. The van der Waals surface area contributed by atoms with Crippen LogP contribution in [0.15, 0.2) is 24.4 Å². The number of aromatic carboxylic acids is 1. The average Bonchev–Trinajstić information content (AvgIpc) is 3.16. The summed E-state index contributed by atoms with van der Waals surface area (Å²) in [5.74, 6) is -3.66. The first-order chi connectivity index (χ1) is 13.7. The van der Waals surface area contributed by atoms with Crippen molar-refractivity contribution in [3.8, 4) is 5.75 Å². The highest BCUT2D eigenvalue weighted by Crippen LogP contribution is 2.23. The standard InChI is InChI=1S/C18H17F2N5O4/c1-9-15(22-17(26)12-7-21-24(3)16(12)18(27)28)10(2)25(23-9)8-29-14-5-4-11(19)6-13(14)20/h4-7H,8H2,1-3H3,(H,22,26)(H,27,28). The van der Waals surface area contributed by atoms with Crippen molar-refractivity contribution in [3.05, 3.63) is 58.7 Å². The van der Waals surface area contributed by atoms with E-state index in [1.54, 1.807) is 13.8 Å². The summed E-state index contributed by atoms with van der Waals surface area (Å²) in [6.07, 6.45) is 1.16. The Morgan fingerprint density at radius 3 is 2.66 bits per heavy atom. The Bertz CT molecular complexity index is 1110. The zero-order chi connectivity index (χ0) is 21.3. The number of aryl methyl sites for hydroxylation is 2. The number of nitrogens with one attached hydrogen (secondary N) is 1. The van der Waals surface area contributed by atoms with Crippen molar-refractivity contribution in [2.45, 2.75) is 20.6 Å². The van der Waals surface area contributed by atoms with E-state index in [4.69, 9.17) is 4.74 Å².